The van der Waals surface area contributed by atoms with E-state index in [1.807, 2.05) is 0 Å². The van der Waals surface area contributed by atoms with Crippen LogP contribution in [0.15, 0.2) is 23.6 Å². The molecule has 10 heteroatoms. The van der Waals surface area contributed by atoms with Gasteiger partial charge in [0.2, 0.25) is 5.91 Å². The van der Waals surface area contributed by atoms with Crippen molar-refractivity contribution < 1.29 is 14.0 Å². The lowest BCUT2D eigenvalue weighted by atomic mass is 9.96. The quantitative estimate of drug-likeness (QED) is 0.373. The molecule has 3 heterocycles. The van der Waals surface area contributed by atoms with Crippen molar-refractivity contribution in [1.82, 2.24) is 25.1 Å². The highest BCUT2D eigenvalue weighted by Gasteiger charge is 2.22. The summed E-state index contributed by atoms with van der Waals surface area (Å²) in [6.45, 7) is 5.41. The number of ketones is 1. The zero-order valence-corrected chi connectivity index (χ0v) is 17.6. The monoisotopic (exact) mass is 421 g/mol. The average molecular weight is 422 g/mol. The Balaban J connectivity index is 1.65. The van der Waals surface area contributed by atoms with Crippen LogP contribution in [0.2, 0.25) is 0 Å². The Hall–Kier alpha value is -2.33. The normalized spacial score (nSPS) is 11.8. The van der Waals surface area contributed by atoms with E-state index in [0.29, 0.717) is 20.4 Å². The van der Waals surface area contributed by atoms with E-state index in [4.69, 9.17) is 0 Å². The summed E-state index contributed by atoms with van der Waals surface area (Å²) in [5, 5.41) is 8.27. The van der Waals surface area contributed by atoms with Gasteiger partial charge in [-0.2, -0.15) is 5.10 Å². The minimum Gasteiger partial charge on any atom is -0.351 e. The van der Waals surface area contributed by atoms with Crippen LogP contribution in [0.1, 0.15) is 35.3 Å². The molecule has 0 radical (unpaired) electrons. The number of aromatic nitrogens is 4. The molecule has 0 saturated carbocycles. The Morgan fingerprint density at radius 3 is 2.79 bits per heavy atom. The summed E-state index contributed by atoms with van der Waals surface area (Å²) < 4.78 is 15.8. The van der Waals surface area contributed by atoms with Crippen LogP contribution < -0.4 is 5.32 Å². The van der Waals surface area contributed by atoms with Crippen LogP contribution in [0.25, 0.3) is 11.0 Å². The molecule has 0 aliphatic carbocycles. The number of nitrogens with one attached hydrogen (secondary N) is 1. The number of fused-ring (bicyclic) bond motifs is 1. The number of thiophene rings is 1. The van der Waals surface area contributed by atoms with Crippen molar-refractivity contribution in [2.24, 2.45) is 12.5 Å². The predicted octanol–water partition coefficient (Wildman–Crippen LogP) is 3.20. The maximum absolute atomic E-state index is 14.2. The summed E-state index contributed by atoms with van der Waals surface area (Å²) >= 11 is 2.32. The minimum atomic E-state index is -0.557. The van der Waals surface area contributed by atoms with Crippen molar-refractivity contribution >= 4 is 45.8 Å². The highest BCUT2D eigenvalue weighted by molar-refractivity contribution is 8.00. The van der Waals surface area contributed by atoms with E-state index in [1.54, 1.807) is 38.7 Å². The van der Waals surface area contributed by atoms with Crippen LogP contribution in [-0.2, 0) is 18.4 Å². The van der Waals surface area contributed by atoms with Gasteiger partial charge in [-0.3, -0.25) is 14.3 Å². The molecule has 3 aromatic rings. The molecule has 28 heavy (non-hydrogen) atoms. The summed E-state index contributed by atoms with van der Waals surface area (Å²) in [6, 6.07) is 1.23. The SMILES string of the molecule is Cn1ncc2c(SCC(=O)c3cc(F)c(CNC(=O)C(C)(C)C)s3)ncnc21. The predicted molar refractivity (Wildman–Crippen MR) is 107 cm³/mol. The summed E-state index contributed by atoms with van der Waals surface area (Å²) in [5.41, 5.74) is 0.127. The summed E-state index contributed by atoms with van der Waals surface area (Å²) in [4.78, 5) is 33.5. The standard InChI is InChI=1S/C18H20FN5O2S2/c1-18(2,3)17(26)20-7-14-11(19)5-13(28-14)12(25)8-27-16-10-6-23-24(4)15(10)21-9-22-16/h5-6,9H,7-8H2,1-4H3,(H,20,26). The third-order valence-electron chi connectivity index (χ3n) is 3.96. The van der Waals surface area contributed by atoms with Gasteiger partial charge in [-0.1, -0.05) is 32.5 Å². The lowest BCUT2D eigenvalue weighted by Crippen LogP contribution is -2.34. The van der Waals surface area contributed by atoms with Crippen molar-refractivity contribution in [2.75, 3.05) is 5.75 Å². The topological polar surface area (TPSA) is 89.8 Å². The van der Waals surface area contributed by atoms with Gasteiger partial charge in [-0.05, 0) is 6.07 Å². The Bertz CT molecular complexity index is 1040. The van der Waals surface area contributed by atoms with Gasteiger partial charge in [0.15, 0.2) is 11.4 Å². The summed E-state index contributed by atoms with van der Waals surface area (Å²) in [6.07, 6.45) is 3.08. The van der Waals surface area contributed by atoms with Crippen LogP contribution in [0, 0.1) is 11.2 Å². The van der Waals surface area contributed by atoms with Gasteiger partial charge in [0.25, 0.3) is 0 Å². The van der Waals surface area contributed by atoms with Crippen molar-refractivity contribution in [2.45, 2.75) is 32.3 Å². The van der Waals surface area contributed by atoms with E-state index in [-0.39, 0.29) is 24.0 Å². The van der Waals surface area contributed by atoms with Crippen LogP contribution in [0.4, 0.5) is 4.39 Å². The Kier molecular flexibility index (Phi) is 5.80. The molecule has 0 atom stereocenters. The molecule has 3 aromatic heterocycles. The smallest absolute Gasteiger partial charge is 0.225 e. The largest absolute Gasteiger partial charge is 0.351 e. The van der Waals surface area contributed by atoms with Gasteiger partial charge in [0, 0.05) is 12.5 Å². The first-order valence-corrected chi connectivity index (χ1v) is 10.3. The fourth-order valence-corrected chi connectivity index (χ4v) is 4.20. The van der Waals surface area contributed by atoms with Crippen molar-refractivity contribution in [3.05, 3.63) is 34.2 Å². The number of thioether (sulfide) groups is 1. The van der Waals surface area contributed by atoms with Gasteiger partial charge < -0.3 is 5.32 Å². The van der Waals surface area contributed by atoms with Gasteiger partial charge in [-0.25, -0.2) is 14.4 Å². The molecule has 0 spiro atoms. The Labute approximate surface area is 169 Å². The van der Waals surface area contributed by atoms with Crippen LogP contribution in [0.3, 0.4) is 0 Å². The number of carbonyl (C=O) groups is 2. The lowest BCUT2D eigenvalue weighted by molar-refractivity contribution is -0.128. The number of hydrogen-bond acceptors (Lipinski definition) is 7. The molecule has 0 aliphatic rings. The molecular formula is C18H20FN5O2S2. The van der Waals surface area contributed by atoms with Crippen LogP contribution >= 0.6 is 23.1 Å². The van der Waals surface area contributed by atoms with E-state index < -0.39 is 11.2 Å². The number of hydrogen-bond donors (Lipinski definition) is 1. The minimum absolute atomic E-state index is 0.0647. The third kappa shape index (κ3) is 4.39. The van der Waals surface area contributed by atoms with E-state index in [2.05, 4.69) is 20.4 Å². The van der Waals surface area contributed by atoms with Crippen molar-refractivity contribution in [3.63, 3.8) is 0 Å². The molecule has 1 N–H and O–H groups in total. The van der Waals surface area contributed by atoms with Crippen molar-refractivity contribution in [3.8, 4) is 0 Å². The first-order valence-electron chi connectivity index (χ1n) is 8.52. The van der Waals surface area contributed by atoms with E-state index in [0.717, 1.165) is 16.7 Å². The van der Waals surface area contributed by atoms with E-state index in [1.165, 1.54) is 24.2 Å². The van der Waals surface area contributed by atoms with Gasteiger partial charge in [0.05, 0.1) is 33.6 Å². The number of rotatable bonds is 6. The van der Waals surface area contributed by atoms with Gasteiger partial charge >= 0.3 is 0 Å². The number of Topliss-reactive ketones (excluding diaryl/α,β-unsaturated/α-hetero) is 1. The number of halogens is 1. The first-order chi connectivity index (χ1) is 13.2. The molecule has 148 valence electrons. The molecule has 0 aliphatic heterocycles. The second-order valence-electron chi connectivity index (χ2n) is 7.21. The molecule has 1 amide bonds. The van der Waals surface area contributed by atoms with Crippen LogP contribution in [0.5, 0.6) is 0 Å². The van der Waals surface area contributed by atoms with Gasteiger partial charge in [-0.15, -0.1) is 11.3 Å². The number of aryl methyl sites for hydroxylation is 1. The fraction of sp³-hybridized carbons (Fsp3) is 0.389. The third-order valence-corrected chi connectivity index (χ3v) is 6.11. The number of carbonyl (C=O) groups excluding carboxylic acids is 2. The summed E-state index contributed by atoms with van der Waals surface area (Å²) in [7, 11) is 1.78. The molecule has 3 rings (SSSR count). The maximum Gasteiger partial charge on any atom is 0.225 e. The Morgan fingerprint density at radius 1 is 1.32 bits per heavy atom. The lowest BCUT2D eigenvalue weighted by Gasteiger charge is -2.17. The van der Waals surface area contributed by atoms with Crippen LogP contribution in [-0.4, -0.2) is 37.2 Å². The highest BCUT2D eigenvalue weighted by Crippen LogP contribution is 2.27. The molecule has 0 fully saturated rings. The number of nitrogens with zero attached hydrogens (tertiary/aromatic N) is 4. The van der Waals surface area contributed by atoms with E-state index >= 15 is 0 Å². The number of amides is 1. The average Bonchev–Trinajstić information content (AvgIpc) is 3.20. The molecule has 0 unspecified atom stereocenters. The second kappa shape index (κ2) is 7.96. The molecule has 0 bridgehead atoms. The fourth-order valence-electron chi connectivity index (χ4n) is 2.35. The van der Waals surface area contributed by atoms with Crippen molar-refractivity contribution in [1.29, 1.82) is 0 Å². The zero-order valence-electron chi connectivity index (χ0n) is 15.9. The first kappa shape index (κ1) is 20.4. The zero-order chi connectivity index (χ0) is 20.5. The van der Waals surface area contributed by atoms with Gasteiger partial charge in [0.1, 0.15) is 17.2 Å². The molecule has 0 aromatic carbocycles. The summed E-state index contributed by atoms with van der Waals surface area (Å²) in [5.74, 6) is -0.732. The molecule has 0 saturated heterocycles. The van der Waals surface area contributed by atoms with E-state index in [9.17, 15) is 14.0 Å². The molecular weight excluding hydrogens is 401 g/mol. The highest BCUT2D eigenvalue weighted by atomic mass is 32.2. The maximum atomic E-state index is 14.2. The second-order valence-corrected chi connectivity index (χ2v) is 9.31. The Morgan fingerprint density at radius 2 is 2.07 bits per heavy atom. The molecule has 7 nitrogen and oxygen atoms in total.